The second-order valence-electron chi connectivity index (χ2n) is 6.27. The lowest BCUT2D eigenvalue weighted by Gasteiger charge is -2.24. The van der Waals surface area contributed by atoms with E-state index in [9.17, 15) is 8.42 Å². The molecule has 8 heteroatoms. The summed E-state index contributed by atoms with van der Waals surface area (Å²) < 4.78 is 25.8. The number of fused-ring (bicyclic) bond motifs is 1. The van der Waals surface area contributed by atoms with Crippen molar-refractivity contribution in [3.63, 3.8) is 0 Å². The molecule has 3 N–H and O–H groups in total. The molecule has 0 spiro atoms. The first kappa shape index (κ1) is 18.7. The number of nitrogens with one attached hydrogen (secondary N) is 3. The number of benzene rings is 2. The average molecular weight is 393 g/mol. The first-order valence-corrected chi connectivity index (χ1v) is 9.88. The average Bonchev–Trinajstić information content (AvgIpc) is 3.07. The number of nitrogens with zero attached hydrogens (tertiary/aromatic N) is 1. The lowest BCUT2D eigenvalue weighted by Crippen LogP contribution is -2.35. The van der Waals surface area contributed by atoms with Gasteiger partial charge in [-0.05, 0) is 56.3 Å². The second-order valence-corrected chi connectivity index (χ2v) is 8.16. The van der Waals surface area contributed by atoms with Crippen molar-refractivity contribution in [3.8, 4) is 0 Å². The van der Waals surface area contributed by atoms with Gasteiger partial charge in [-0.2, -0.15) is 5.10 Å². The first-order valence-electron chi connectivity index (χ1n) is 8.40. The SMILES string of the molecule is Cl.O=S(=O)(c1ccccc1)c1[nH]nc2ccc(NC3CCNCC3)cc12. The molecule has 2 heterocycles. The monoisotopic (exact) mass is 392 g/mol. The van der Waals surface area contributed by atoms with Gasteiger partial charge in [0.25, 0.3) is 0 Å². The van der Waals surface area contributed by atoms with Crippen molar-refractivity contribution < 1.29 is 8.42 Å². The molecule has 0 aliphatic carbocycles. The highest BCUT2D eigenvalue weighted by Gasteiger charge is 2.23. The van der Waals surface area contributed by atoms with E-state index >= 15 is 0 Å². The number of aromatic amines is 1. The topological polar surface area (TPSA) is 86.9 Å². The van der Waals surface area contributed by atoms with E-state index in [-0.39, 0.29) is 22.3 Å². The van der Waals surface area contributed by atoms with Crippen LogP contribution in [0.5, 0.6) is 0 Å². The van der Waals surface area contributed by atoms with Crippen molar-refractivity contribution in [1.29, 1.82) is 0 Å². The normalized spacial score (nSPS) is 15.5. The molecule has 1 aliphatic rings. The number of rotatable bonds is 4. The van der Waals surface area contributed by atoms with E-state index in [2.05, 4.69) is 20.8 Å². The maximum atomic E-state index is 12.9. The third-order valence-electron chi connectivity index (χ3n) is 4.55. The summed E-state index contributed by atoms with van der Waals surface area (Å²) in [7, 11) is -3.63. The van der Waals surface area contributed by atoms with Crippen LogP contribution in [0.15, 0.2) is 58.5 Å². The van der Waals surface area contributed by atoms with Gasteiger partial charge >= 0.3 is 0 Å². The smallest absolute Gasteiger partial charge is 0.223 e. The van der Waals surface area contributed by atoms with Crippen molar-refractivity contribution in [3.05, 3.63) is 48.5 Å². The van der Waals surface area contributed by atoms with Crippen molar-refractivity contribution in [2.24, 2.45) is 0 Å². The number of H-pyrrole nitrogens is 1. The highest BCUT2D eigenvalue weighted by atomic mass is 35.5. The minimum atomic E-state index is -3.63. The lowest BCUT2D eigenvalue weighted by atomic mass is 10.1. The molecule has 6 nitrogen and oxygen atoms in total. The third kappa shape index (κ3) is 3.56. The minimum Gasteiger partial charge on any atom is -0.382 e. The molecule has 1 fully saturated rings. The Labute approximate surface area is 158 Å². The maximum Gasteiger partial charge on any atom is 0.223 e. The summed E-state index contributed by atoms with van der Waals surface area (Å²) in [5.74, 6) is 0. The second kappa shape index (κ2) is 7.65. The fourth-order valence-electron chi connectivity index (χ4n) is 3.20. The van der Waals surface area contributed by atoms with Crippen molar-refractivity contribution >= 4 is 38.8 Å². The van der Waals surface area contributed by atoms with Crippen LogP contribution >= 0.6 is 12.4 Å². The van der Waals surface area contributed by atoms with E-state index in [0.29, 0.717) is 16.9 Å². The molecular formula is C18H21ClN4O2S. The zero-order chi connectivity index (χ0) is 17.3. The van der Waals surface area contributed by atoms with E-state index in [1.54, 1.807) is 30.3 Å². The van der Waals surface area contributed by atoms with E-state index in [4.69, 9.17) is 0 Å². The van der Waals surface area contributed by atoms with E-state index in [0.717, 1.165) is 31.6 Å². The van der Waals surface area contributed by atoms with Crippen LogP contribution in [-0.2, 0) is 9.84 Å². The van der Waals surface area contributed by atoms with E-state index < -0.39 is 9.84 Å². The Kier molecular flexibility index (Phi) is 5.50. The summed E-state index contributed by atoms with van der Waals surface area (Å²) in [5, 5.41) is 14.5. The Balaban J connectivity index is 0.00000196. The highest BCUT2D eigenvalue weighted by Crippen LogP contribution is 2.28. The number of anilines is 1. The Morgan fingerprint density at radius 2 is 1.77 bits per heavy atom. The number of halogens is 1. The van der Waals surface area contributed by atoms with E-state index in [1.807, 2.05) is 18.2 Å². The quantitative estimate of drug-likeness (QED) is 0.635. The molecule has 0 bridgehead atoms. The molecule has 1 aromatic heterocycles. The van der Waals surface area contributed by atoms with Gasteiger partial charge in [0, 0.05) is 17.1 Å². The lowest BCUT2D eigenvalue weighted by molar-refractivity contribution is 0.479. The Bertz CT molecular complexity index is 983. The standard InChI is InChI=1S/C18H20N4O2S.ClH/c23-25(24,15-4-2-1-3-5-15)18-16-12-14(6-7-17(16)21-22-18)20-13-8-10-19-11-9-13;/h1-7,12-13,19-20H,8-11H2,(H,21,22);1H. The molecule has 0 unspecified atom stereocenters. The molecule has 3 aromatic rings. The summed E-state index contributed by atoms with van der Waals surface area (Å²) in [6, 6.07) is 14.5. The van der Waals surface area contributed by atoms with Gasteiger partial charge in [0.2, 0.25) is 9.84 Å². The predicted octanol–water partition coefficient (Wildman–Crippen LogP) is 2.98. The fraction of sp³-hybridized carbons (Fsp3) is 0.278. The summed E-state index contributed by atoms with van der Waals surface area (Å²) in [6.07, 6.45) is 2.11. The molecule has 26 heavy (non-hydrogen) atoms. The molecule has 0 amide bonds. The molecule has 2 aromatic carbocycles. The number of hydrogen-bond donors (Lipinski definition) is 3. The van der Waals surface area contributed by atoms with Gasteiger partial charge in [0.1, 0.15) is 0 Å². The van der Waals surface area contributed by atoms with Crippen LogP contribution in [0.1, 0.15) is 12.8 Å². The molecule has 0 radical (unpaired) electrons. The molecule has 1 saturated heterocycles. The zero-order valence-corrected chi connectivity index (χ0v) is 15.7. The number of aromatic nitrogens is 2. The fourth-order valence-corrected chi connectivity index (χ4v) is 4.57. The largest absolute Gasteiger partial charge is 0.382 e. The summed E-state index contributed by atoms with van der Waals surface area (Å²) in [4.78, 5) is 0.261. The molecule has 4 rings (SSSR count). The van der Waals surface area contributed by atoms with Crippen molar-refractivity contribution in [2.75, 3.05) is 18.4 Å². The third-order valence-corrected chi connectivity index (χ3v) is 6.29. The minimum absolute atomic E-state index is 0. The van der Waals surface area contributed by atoms with Gasteiger partial charge in [-0.15, -0.1) is 12.4 Å². The van der Waals surface area contributed by atoms with Crippen LogP contribution in [0.25, 0.3) is 10.9 Å². The van der Waals surface area contributed by atoms with Gasteiger partial charge in [-0.3, -0.25) is 5.10 Å². The van der Waals surface area contributed by atoms with Gasteiger partial charge in [0.05, 0.1) is 10.4 Å². The molecule has 0 saturated carbocycles. The van der Waals surface area contributed by atoms with E-state index in [1.165, 1.54) is 0 Å². The predicted molar refractivity (Wildman–Crippen MR) is 105 cm³/mol. The Hall–Kier alpha value is -2.09. The zero-order valence-electron chi connectivity index (χ0n) is 14.1. The van der Waals surface area contributed by atoms with Crippen LogP contribution in [0, 0.1) is 0 Å². The first-order chi connectivity index (χ1) is 12.1. The molecule has 0 atom stereocenters. The number of sulfone groups is 1. The Morgan fingerprint density at radius 1 is 1.04 bits per heavy atom. The Morgan fingerprint density at radius 3 is 2.50 bits per heavy atom. The highest BCUT2D eigenvalue weighted by molar-refractivity contribution is 7.91. The molecular weight excluding hydrogens is 372 g/mol. The van der Waals surface area contributed by atoms with Crippen LogP contribution in [0.4, 0.5) is 5.69 Å². The van der Waals surface area contributed by atoms with Crippen molar-refractivity contribution in [2.45, 2.75) is 28.8 Å². The number of piperidine rings is 1. The summed E-state index contributed by atoms with van der Waals surface area (Å²) >= 11 is 0. The van der Waals surface area contributed by atoms with Crippen LogP contribution in [-0.4, -0.2) is 37.7 Å². The van der Waals surface area contributed by atoms with Gasteiger partial charge in [0.15, 0.2) is 5.03 Å². The van der Waals surface area contributed by atoms with Crippen LogP contribution in [0.2, 0.25) is 0 Å². The maximum absolute atomic E-state index is 12.9. The number of hydrogen-bond acceptors (Lipinski definition) is 5. The van der Waals surface area contributed by atoms with Gasteiger partial charge in [-0.25, -0.2) is 8.42 Å². The van der Waals surface area contributed by atoms with Crippen molar-refractivity contribution in [1.82, 2.24) is 15.5 Å². The molecule has 138 valence electrons. The molecule has 1 aliphatic heterocycles. The summed E-state index contributed by atoms with van der Waals surface area (Å²) in [5.41, 5.74) is 1.57. The van der Waals surface area contributed by atoms with Crippen LogP contribution in [0.3, 0.4) is 0 Å². The summed E-state index contributed by atoms with van der Waals surface area (Å²) in [6.45, 7) is 2.00. The van der Waals surface area contributed by atoms with Gasteiger partial charge in [-0.1, -0.05) is 18.2 Å². The van der Waals surface area contributed by atoms with Gasteiger partial charge < -0.3 is 10.6 Å². The van der Waals surface area contributed by atoms with Crippen LogP contribution < -0.4 is 10.6 Å².